The summed E-state index contributed by atoms with van der Waals surface area (Å²) < 4.78 is 13.2. The number of carbonyl (C=O) groups is 2. The second kappa shape index (κ2) is 5.69. The molecule has 0 spiro atoms. The number of amides is 2. The highest BCUT2D eigenvalue weighted by Gasteiger charge is 2.62. The Bertz CT molecular complexity index is 873. The summed E-state index contributed by atoms with van der Waals surface area (Å²) in [5.41, 5.74) is 1.41. The van der Waals surface area contributed by atoms with Crippen LogP contribution in [-0.4, -0.2) is 45.9 Å². The van der Waals surface area contributed by atoms with Gasteiger partial charge in [-0.1, -0.05) is 0 Å². The molecule has 7 heteroatoms. The van der Waals surface area contributed by atoms with Crippen LogP contribution in [-0.2, 0) is 9.59 Å². The molecular formula is C19H17FN4O2. The molecule has 0 unspecified atom stereocenters. The van der Waals surface area contributed by atoms with E-state index in [0.717, 1.165) is 25.1 Å². The van der Waals surface area contributed by atoms with E-state index in [2.05, 4.69) is 9.99 Å². The van der Waals surface area contributed by atoms with Gasteiger partial charge in [-0.25, -0.2) is 19.3 Å². The van der Waals surface area contributed by atoms with E-state index in [1.165, 1.54) is 29.2 Å². The van der Waals surface area contributed by atoms with Gasteiger partial charge in [-0.3, -0.25) is 14.6 Å². The standard InChI is InChI=1S/C19H17FN4O2/c20-13-2-4-14(5-3-13)24-18(25)15-16(12-6-8-21-9-7-12)22-10-1-11-23(22)17(15)19(24)26/h2-9,15-17H,1,10-11H2/t15-,16+,17-/m0/s1. The third kappa shape index (κ3) is 2.07. The monoisotopic (exact) mass is 352 g/mol. The summed E-state index contributed by atoms with van der Waals surface area (Å²) in [7, 11) is 0. The van der Waals surface area contributed by atoms with Gasteiger partial charge in [-0.2, -0.15) is 0 Å². The molecule has 0 N–H and O–H groups in total. The molecule has 2 aromatic rings. The molecule has 3 saturated heterocycles. The van der Waals surface area contributed by atoms with Crippen LogP contribution in [0.25, 0.3) is 0 Å². The number of rotatable bonds is 2. The van der Waals surface area contributed by atoms with E-state index >= 15 is 0 Å². The van der Waals surface area contributed by atoms with Crippen LogP contribution >= 0.6 is 0 Å². The minimum Gasteiger partial charge on any atom is -0.274 e. The van der Waals surface area contributed by atoms with Crippen LogP contribution in [0.5, 0.6) is 0 Å². The lowest BCUT2D eigenvalue weighted by molar-refractivity contribution is -0.126. The molecule has 0 bridgehead atoms. The smallest absolute Gasteiger partial charge is 0.253 e. The number of fused-ring (bicyclic) bond motifs is 3. The fraction of sp³-hybridized carbons (Fsp3) is 0.316. The predicted molar refractivity (Wildman–Crippen MR) is 91.2 cm³/mol. The van der Waals surface area contributed by atoms with Crippen LogP contribution in [0.15, 0.2) is 48.8 Å². The van der Waals surface area contributed by atoms with Gasteiger partial charge in [-0.15, -0.1) is 0 Å². The van der Waals surface area contributed by atoms with E-state index in [9.17, 15) is 14.0 Å². The van der Waals surface area contributed by atoms with Crippen LogP contribution < -0.4 is 4.90 Å². The molecule has 2 amide bonds. The summed E-state index contributed by atoms with van der Waals surface area (Å²) in [6.45, 7) is 1.59. The normalized spacial score (nSPS) is 28.7. The Kier molecular flexibility index (Phi) is 3.41. The second-order valence-electron chi connectivity index (χ2n) is 6.86. The van der Waals surface area contributed by atoms with Crippen molar-refractivity contribution in [1.82, 2.24) is 15.0 Å². The number of halogens is 1. The van der Waals surface area contributed by atoms with Crippen molar-refractivity contribution in [2.75, 3.05) is 18.0 Å². The van der Waals surface area contributed by atoms with Crippen molar-refractivity contribution in [2.24, 2.45) is 5.92 Å². The average Bonchev–Trinajstić information content (AvgIpc) is 3.29. The topological polar surface area (TPSA) is 56.8 Å². The summed E-state index contributed by atoms with van der Waals surface area (Å²) >= 11 is 0. The molecule has 3 aliphatic rings. The molecule has 132 valence electrons. The maximum atomic E-state index is 13.2. The van der Waals surface area contributed by atoms with Gasteiger partial charge in [0.2, 0.25) is 5.91 Å². The van der Waals surface area contributed by atoms with Crippen LogP contribution in [0.1, 0.15) is 18.0 Å². The van der Waals surface area contributed by atoms with Gasteiger partial charge in [0.05, 0.1) is 17.6 Å². The predicted octanol–water partition coefficient (Wildman–Crippen LogP) is 1.76. The van der Waals surface area contributed by atoms with Crippen LogP contribution in [0.4, 0.5) is 10.1 Å². The van der Waals surface area contributed by atoms with Gasteiger partial charge in [0.25, 0.3) is 5.91 Å². The summed E-state index contributed by atoms with van der Waals surface area (Å²) in [5, 5.41) is 4.20. The van der Waals surface area contributed by atoms with Crippen molar-refractivity contribution in [2.45, 2.75) is 18.5 Å². The van der Waals surface area contributed by atoms with Crippen molar-refractivity contribution < 1.29 is 14.0 Å². The van der Waals surface area contributed by atoms with Crippen LogP contribution in [0, 0.1) is 11.7 Å². The van der Waals surface area contributed by atoms with Crippen molar-refractivity contribution in [1.29, 1.82) is 0 Å². The maximum absolute atomic E-state index is 13.2. The first-order valence-electron chi connectivity index (χ1n) is 8.73. The summed E-state index contributed by atoms with van der Waals surface area (Å²) in [5.74, 6) is -1.30. The molecule has 3 fully saturated rings. The first-order chi connectivity index (χ1) is 12.7. The molecule has 0 aliphatic carbocycles. The lowest BCUT2D eigenvalue weighted by Gasteiger charge is -2.29. The Morgan fingerprint density at radius 1 is 0.885 bits per heavy atom. The van der Waals surface area contributed by atoms with Gasteiger partial charge in [0.15, 0.2) is 0 Å². The number of imide groups is 1. The van der Waals surface area contributed by atoms with E-state index in [4.69, 9.17) is 0 Å². The Balaban J connectivity index is 1.58. The minimum atomic E-state index is -0.492. The molecule has 4 heterocycles. The minimum absolute atomic E-state index is 0.174. The Morgan fingerprint density at radius 2 is 1.54 bits per heavy atom. The highest BCUT2D eigenvalue weighted by molar-refractivity contribution is 6.24. The fourth-order valence-electron chi connectivity index (χ4n) is 4.52. The van der Waals surface area contributed by atoms with E-state index in [1.807, 2.05) is 17.1 Å². The number of nitrogens with zero attached hydrogens (tertiary/aromatic N) is 4. The average molecular weight is 352 g/mol. The Labute approximate surface area is 149 Å². The number of hydrogen-bond donors (Lipinski definition) is 0. The van der Waals surface area contributed by atoms with E-state index in [1.54, 1.807) is 12.4 Å². The Morgan fingerprint density at radius 3 is 2.23 bits per heavy atom. The summed E-state index contributed by atoms with van der Waals surface area (Å²) in [6, 6.07) is 8.65. The van der Waals surface area contributed by atoms with Gasteiger partial charge in [0.1, 0.15) is 11.9 Å². The van der Waals surface area contributed by atoms with Crippen molar-refractivity contribution in [3.63, 3.8) is 0 Å². The number of hydrogen-bond acceptors (Lipinski definition) is 5. The molecule has 1 aromatic heterocycles. The lowest BCUT2D eigenvalue weighted by Crippen LogP contribution is -2.44. The SMILES string of the molecule is O=C1[C@@H]2[C@@H](C(=O)N1c1ccc(F)cc1)N1CCCN1[C@@H]2c1ccncc1. The van der Waals surface area contributed by atoms with Crippen LogP contribution in [0.2, 0.25) is 0 Å². The fourth-order valence-corrected chi connectivity index (χ4v) is 4.52. The molecule has 0 saturated carbocycles. The second-order valence-corrected chi connectivity index (χ2v) is 6.86. The zero-order chi connectivity index (χ0) is 17.8. The molecule has 6 nitrogen and oxygen atoms in total. The number of anilines is 1. The molecule has 5 rings (SSSR count). The van der Waals surface area contributed by atoms with E-state index in [-0.39, 0.29) is 17.9 Å². The van der Waals surface area contributed by atoms with Gasteiger partial charge in [0, 0.05) is 25.5 Å². The zero-order valence-corrected chi connectivity index (χ0v) is 14.0. The molecule has 1 aromatic carbocycles. The number of hydrazine groups is 1. The van der Waals surface area contributed by atoms with Gasteiger partial charge in [-0.05, 0) is 48.4 Å². The quantitative estimate of drug-likeness (QED) is 0.771. The first-order valence-corrected chi connectivity index (χ1v) is 8.73. The molecular weight excluding hydrogens is 335 g/mol. The largest absolute Gasteiger partial charge is 0.274 e. The first kappa shape index (κ1) is 15.6. The maximum Gasteiger partial charge on any atom is 0.253 e. The third-order valence-electron chi connectivity index (χ3n) is 5.54. The zero-order valence-electron chi connectivity index (χ0n) is 14.0. The summed E-state index contributed by atoms with van der Waals surface area (Å²) in [6.07, 6.45) is 4.38. The molecule has 3 atom stereocenters. The van der Waals surface area contributed by atoms with Crippen molar-refractivity contribution >= 4 is 17.5 Å². The van der Waals surface area contributed by atoms with Crippen molar-refractivity contribution in [3.8, 4) is 0 Å². The summed E-state index contributed by atoms with van der Waals surface area (Å²) in [4.78, 5) is 31.7. The van der Waals surface area contributed by atoms with E-state index < -0.39 is 17.8 Å². The molecule has 0 radical (unpaired) electrons. The number of benzene rings is 1. The number of pyridine rings is 1. The van der Waals surface area contributed by atoms with Gasteiger partial charge >= 0.3 is 0 Å². The highest BCUT2D eigenvalue weighted by Crippen LogP contribution is 2.48. The third-order valence-corrected chi connectivity index (χ3v) is 5.54. The highest BCUT2D eigenvalue weighted by atomic mass is 19.1. The van der Waals surface area contributed by atoms with Crippen LogP contribution in [0.3, 0.4) is 0 Å². The molecule has 3 aliphatic heterocycles. The Hall–Kier alpha value is -2.64. The molecule has 26 heavy (non-hydrogen) atoms. The lowest BCUT2D eigenvalue weighted by atomic mass is 9.90. The number of aromatic nitrogens is 1. The van der Waals surface area contributed by atoms with Gasteiger partial charge < -0.3 is 0 Å². The number of carbonyl (C=O) groups excluding carboxylic acids is 2. The van der Waals surface area contributed by atoms with E-state index in [0.29, 0.717) is 5.69 Å². The van der Waals surface area contributed by atoms with Crippen molar-refractivity contribution in [3.05, 3.63) is 60.2 Å².